The quantitative estimate of drug-likeness (QED) is 0.162. The van der Waals surface area contributed by atoms with Crippen molar-refractivity contribution in [2.24, 2.45) is 5.16 Å². The summed E-state index contributed by atoms with van der Waals surface area (Å²) >= 11 is 0. The SMILES string of the molecule is CC(C)(C)OC(=O)NCCONC(C)(C)/C(COCc1ccc([N+](=O)[O-])o1)=N/O. The van der Waals surface area contributed by atoms with Gasteiger partial charge < -0.3 is 24.4 Å². The number of ether oxygens (including phenoxy) is 2. The molecule has 0 unspecified atom stereocenters. The molecule has 0 saturated carbocycles. The number of hydrogen-bond donors (Lipinski definition) is 3. The Balaban J connectivity index is 2.34. The molecule has 0 aliphatic carbocycles. The second-order valence-electron chi connectivity index (χ2n) is 7.54. The number of nitrogens with one attached hydrogen (secondary N) is 2. The van der Waals surface area contributed by atoms with E-state index in [1.165, 1.54) is 12.1 Å². The van der Waals surface area contributed by atoms with Crippen molar-refractivity contribution >= 4 is 17.7 Å². The Labute approximate surface area is 168 Å². The van der Waals surface area contributed by atoms with E-state index in [2.05, 4.69) is 16.0 Å². The van der Waals surface area contributed by atoms with Crippen LogP contribution >= 0.6 is 0 Å². The standard InChI is InChI=1S/C17H28N4O8/c1-16(2,3)29-15(22)18-8-9-27-20-17(4,5)13(19-23)11-26-10-12-6-7-14(28-12)21(24)25/h6-7,20,23H,8-11H2,1-5H3,(H,18,22)/b19-13+. The van der Waals surface area contributed by atoms with Gasteiger partial charge in [0.05, 0.1) is 24.8 Å². The first-order valence-electron chi connectivity index (χ1n) is 8.82. The molecule has 0 aliphatic rings. The predicted octanol–water partition coefficient (Wildman–Crippen LogP) is 2.36. The third-order valence-electron chi connectivity index (χ3n) is 3.35. The normalized spacial score (nSPS) is 12.7. The largest absolute Gasteiger partial charge is 0.444 e. The van der Waals surface area contributed by atoms with Crippen LogP contribution in [-0.2, 0) is 20.9 Å². The Morgan fingerprint density at radius 3 is 2.55 bits per heavy atom. The highest BCUT2D eigenvalue weighted by Gasteiger charge is 2.26. The van der Waals surface area contributed by atoms with Gasteiger partial charge >= 0.3 is 12.0 Å². The number of hydrogen-bond acceptors (Lipinski definition) is 10. The van der Waals surface area contributed by atoms with E-state index in [4.69, 9.17) is 18.7 Å². The maximum Gasteiger partial charge on any atom is 0.433 e. The van der Waals surface area contributed by atoms with Crippen LogP contribution in [0.1, 0.15) is 40.4 Å². The summed E-state index contributed by atoms with van der Waals surface area (Å²) in [5, 5.41) is 25.6. The van der Waals surface area contributed by atoms with Crippen molar-refractivity contribution in [1.29, 1.82) is 0 Å². The van der Waals surface area contributed by atoms with E-state index in [9.17, 15) is 20.1 Å². The average molecular weight is 416 g/mol. The minimum atomic E-state index is -0.893. The highest BCUT2D eigenvalue weighted by Crippen LogP contribution is 2.16. The molecule has 1 amide bonds. The van der Waals surface area contributed by atoms with Gasteiger partial charge in [-0.05, 0) is 40.7 Å². The third-order valence-corrected chi connectivity index (χ3v) is 3.35. The molecule has 0 saturated heterocycles. The van der Waals surface area contributed by atoms with Crippen LogP contribution in [0.4, 0.5) is 10.7 Å². The zero-order chi connectivity index (χ0) is 22.1. The molecule has 1 rings (SSSR count). The fraction of sp³-hybridized carbons (Fsp3) is 0.647. The number of carbonyl (C=O) groups excluding carboxylic acids is 1. The van der Waals surface area contributed by atoms with Crippen LogP contribution in [0, 0.1) is 10.1 Å². The van der Waals surface area contributed by atoms with Crippen LogP contribution < -0.4 is 10.8 Å². The van der Waals surface area contributed by atoms with Gasteiger partial charge in [0.15, 0.2) is 0 Å². The molecule has 1 aromatic rings. The summed E-state index contributed by atoms with van der Waals surface area (Å²) in [7, 11) is 0. The lowest BCUT2D eigenvalue weighted by atomic mass is 10.0. The van der Waals surface area contributed by atoms with Gasteiger partial charge in [-0.25, -0.2) is 4.79 Å². The zero-order valence-electron chi connectivity index (χ0n) is 17.2. The van der Waals surface area contributed by atoms with Gasteiger partial charge in [-0.2, -0.15) is 5.48 Å². The van der Waals surface area contributed by atoms with Gasteiger partial charge in [0.2, 0.25) is 0 Å². The summed E-state index contributed by atoms with van der Waals surface area (Å²) in [6.45, 7) is 8.91. The van der Waals surface area contributed by atoms with Crippen molar-refractivity contribution < 1.29 is 33.7 Å². The van der Waals surface area contributed by atoms with Crippen molar-refractivity contribution in [2.75, 3.05) is 19.8 Å². The van der Waals surface area contributed by atoms with Crippen molar-refractivity contribution in [1.82, 2.24) is 10.8 Å². The number of furan rings is 1. The summed E-state index contributed by atoms with van der Waals surface area (Å²) < 4.78 is 15.5. The molecule has 0 aromatic carbocycles. The molecule has 3 N–H and O–H groups in total. The van der Waals surface area contributed by atoms with Crippen LogP contribution in [0.15, 0.2) is 21.7 Å². The smallest absolute Gasteiger partial charge is 0.433 e. The van der Waals surface area contributed by atoms with Crippen molar-refractivity contribution in [3.8, 4) is 0 Å². The van der Waals surface area contributed by atoms with Crippen LogP contribution in [0.25, 0.3) is 0 Å². The molecule has 1 heterocycles. The molecular formula is C17H28N4O8. The molecule has 0 radical (unpaired) electrons. The van der Waals surface area contributed by atoms with Crippen LogP contribution in [0.3, 0.4) is 0 Å². The molecule has 1 aromatic heterocycles. The third kappa shape index (κ3) is 9.36. The van der Waals surface area contributed by atoms with E-state index in [-0.39, 0.29) is 43.7 Å². The molecule has 12 nitrogen and oxygen atoms in total. The molecule has 0 aliphatic heterocycles. The molecule has 29 heavy (non-hydrogen) atoms. The second-order valence-corrected chi connectivity index (χ2v) is 7.54. The van der Waals surface area contributed by atoms with E-state index in [1.54, 1.807) is 34.6 Å². The number of hydroxylamine groups is 1. The number of amides is 1. The summed E-state index contributed by atoms with van der Waals surface area (Å²) in [5.74, 6) is -0.112. The topological polar surface area (TPSA) is 158 Å². The number of alkyl carbamates (subject to hydrolysis) is 1. The number of rotatable bonds is 11. The predicted molar refractivity (Wildman–Crippen MR) is 102 cm³/mol. The van der Waals surface area contributed by atoms with Gasteiger partial charge in [-0.1, -0.05) is 5.16 Å². The zero-order valence-corrected chi connectivity index (χ0v) is 17.2. The maximum absolute atomic E-state index is 11.5. The Morgan fingerprint density at radius 1 is 1.31 bits per heavy atom. The monoisotopic (exact) mass is 416 g/mol. The molecule has 0 spiro atoms. The summed E-state index contributed by atoms with van der Waals surface area (Å²) in [4.78, 5) is 26.8. The highest BCUT2D eigenvalue weighted by atomic mass is 16.7. The molecule has 0 fully saturated rings. The first-order chi connectivity index (χ1) is 13.4. The first kappa shape index (κ1) is 24.3. The van der Waals surface area contributed by atoms with Gasteiger partial charge in [-0.15, -0.1) is 0 Å². The lowest BCUT2D eigenvalue weighted by molar-refractivity contribution is -0.402. The summed E-state index contributed by atoms with van der Waals surface area (Å²) in [6.07, 6.45) is -0.551. The lowest BCUT2D eigenvalue weighted by Crippen LogP contribution is -2.49. The number of carbonyl (C=O) groups is 1. The van der Waals surface area contributed by atoms with E-state index in [1.807, 2.05) is 0 Å². The Kier molecular flexibility index (Phi) is 9.01. The van der Waals surface area contributed by atoms with E-state index in [0.717, 1.165) is 0 Å². The van der Waals surface area contributed by atoms with E-state index in [0.29, 0.717) is 0 Å². The number of nitrogens with zero attached hydrogens (tertiary/aromatic N) is 2. The fourth-order valence-electron chi connectivity index (χ4n) is 1.93. The van der Waals surface area contributed by atoms with Crippen molar-refractivity contribution in [3.63, 3.8) is 0 Å². The Morgan fingerprint density at radius 2 is 2.00 bits per heavy atom. The van der Waals surface area contributed by atoms with Crippen LogP contribution in [0.5, 0.6) is 0 Å². The molecule has 0 bridgehead atoms. The van der Waals surface area contributed by atoms with Crippen LogP contribution in [-0.4, -0.2) is 52.8 Å². The molecule has 0 atom stereocenters. The van der Waals surface area contributed by atoms with Crippen molar-refractivity contribution in [3.05, 3.63) is 28.0 Å². The first-order valence-corrected chi connectivity index (χ1v) is 8.82. The van der Waals surface area contributed by atoms with Crippen molar-refractivity contribution in [2.45, 2.75) is 52.4 Å². The average Bonchev–Trinajstić information content (AvgIpc) is 3.05. The lowest BCUT2D eigenvalue weighted by Gasteiger charge is -2.26. The van der Waals surface area contributed by atoms with Crippen LogP contribution in [0.2, 0.25) is 0 Å². The van der Waals surface area contributed by atoms with E-state index >= 15 is 0 Å². The highest BCUT2D eigenvalue weighted by molar-refractivity contribution is 5.93. The number of nitro groups is 1. The van der Waals surface area contributed by atoms with Gasteiger partial charge in [0.25, 0.3) is 0 Å². The summed E-state index contributed by atoms with van der Waals surface area (Å²) in [5.41, 5.74) is 1.47. The Hall–Kier alpha value is -2.70. The minimum Gasteiger partial charge on any atom is -0.444 e. The van der Waals surface area contributed by atoms with Gasteiger partial charge in [-0.3, -0.25) is 15.0 Å². The van der Waals surface area contributed by atoms with Gasteiger partial charge in [0, 0.05) is 6.54 Å². The minimum absolute atomic E-state index is 0.0381. The molecule has 12 heteroatoms. The summed E-state index contributed by atoms with van der Waals surface area (Å²) in [6, 6.07) is 2.66. The number of oxime groups is 1. The van der Waals surface area contributed by atoms with E-state index < -0.39 is 22.2 Å². The van der Waals surface area contributed by atoms with Gasteiger partial charge in [0.1, 0.15) is 28.6 Å². The molecule has 164 valence electrons. The Bertz CT molecular complexity index is 709. The molecular weight excluding hydrogens is 388 g/mol. The maximum atomic E-state index is 11.5. The second kappa shape index (κ2) is 10.7. The fourth-order valence-corrected chi connectivity index (χ4v) is 1.93.